The third-order valence-corrected chi connectivity index (χ3v) is 6.84. The molecule has 3 heterocycles. The van der Waals surface area contributed by atoms with Crippen LogP contribution in [0, 0.1) is 17.6 Å². The Morgan fingerprint density at radius 1 is 1.12 bits per heavy atom. The highest BCUT2D eigenvalue weighted by Gasteiger charge is 2.34. The molecule has 1 N–H and O–H groups in total. The van der Waals surface area contributed by atoms with Crippen molar-refractivity contribution in [2.75, 3.05) is 13.1 Å². The van der Waals surface area contributed by atoms with Gasteiger partial charge in [0.25, 0.3) is 0 Å². The monoisotopic (exact) mass is 437 g/mol. The van der Waals surface area contributed by atoms with Crippen molar-refractivity contribution in [2.24, 2.45) is 5.92 Å². The smallest absolute Gasteiger partial charge is 0.226 e. The van der Waals surface area contributed by atoms with E-state index in [2.05, 4.69) is 21.7 Å². The summed E-state index contributed by atoms with van der Waals surface area (Å²) in [6.07, 6.45) is 5.30. The Morgan fingerprint density at radius 3 is 2.69 bits per heavy atom. The number of fused-ring (bicyclic) bond motifs is 3. The van der Waals surface area contributed by atoms with Gasteiger partial charge < -0.3 is 14.6 Å². The van der Waals surface area contributed by atoms with Gasteiger partial charge in [-0.15, -0.1) is 0 Å². The van der Waals surface area contributed by atoms with Crippen molar-refractivity contribution in [3.63, 3.8) is 0 Å². The maximum Gasteiger partial charge on any atom is 0.226 e. The molecule has 7 heteroatoms. The Balaban J connectivity index is 1.19. The minimum Gasteiger partial charge on any atom is -0.393 e. The molecule has 3 aromatic rings. The molecule has 32 heavy (non-hydrogen) atoms. The van der Waals surface area contributed by atoms with Crippen molar-refractivity contribution in [2.45, 2.75) is 37.8 Å². The number of aromatic nitrogens is 2. The largest absolute Gasteiger partial charge is 0.393 e. The van der Waals surface area contributed by atoms with E-state index < -0.39 is 17.7 Å². The first-order valence-electron chi connectivity index (χ1n) is 11.0. The molecule has 2 aromatic carbocycles. The van der Waals surface area contributed by atoms with Gasteiger partial charge in [-0.05, 0) is 48.4 Å². The van der Waals surface area contributed by atoms with Crippen LogP contribution in [0.4, 0.5) is 8.78 Å². The van der Waals surface area contributed by atoms with Crippen LogP contribution in [-0.4, -0.2) is 44.7 Å². The van der Waals surface area contributed by atoms with Crippen LogP contribution in [0.25, 0.3) is 11.3 Å². The van der Waals surface area contributed by atoms with Crippen LogP contribution in [-0.2, 0) is 11.2 Å². The zero-order chi connectivity index (χ0) is 22.2. The number of aliphatic hydroxyl groups is 1. The van der Waals surface area contributed by atoms with Gasteiger partial charge in [-0.25, -0.2) is 13.8 Å². The molecule has 166 valence electrons. The quantitative estimate of drug-likeness (QED) is 0.657. The Labute approximate surface area is 185 Å². The molecule has 1 amide bonds. The molecule has 1 saturated heterocycles. The van der Waals surface area contributed by atoms with E-state index in [1.54, 1.807) is 4.90 Å². The number of aliphatic hydroxyl groups excluding tert-OH is 1. The fourth-order valence-electron chi connectivity index (χ4n) is 5.06. The first kappa shape index (κ1) is 20.8. The minimum atomic E-state index is -0.938. The Kier molecular flexibility index (Phi) is 5.51. The standard InChI is InChI=1S/C25H25F2N3O2/c26-20-6-5-16(11-21(20)27)12-25(32)29-9-7-17(8-10-29)24(31)13-22-18-3-1-2-4-19(18)23-14-28-15-30(22)23/h1-6,11,14-15,17,22,24,31H,7-10,12-13H2. The van der Waals surface area contributed by atoms with Crippen LogP contribution < -0.4 is 0 Å². The number of nitrogens with zero attached hydrogens (tertiary/aromatic N) is 3. The predicted molar refractivity (Wildman–Crippen MR) is 116 cm³/mol. The predicted octanol–water partition coefficient (Wildman–Crippen LogP) is 3.96. The van der Waals surface area contributed by atoms with E-state index in [0.717, 1.165) is 30.7 Å². The lowest BCUT2D eigenvalue weighted by Crippen LogP contribution is -2.42. The summed E-state index contributed by atoms with van der Waals surface area (Å²) in [5.74, 6) is -1.84. The number of carbonyl (C=O) groups excluding carboxylic acids is 1. The first-order chi connectivity index (χ1) is 15.5. The van der Waals surface area contributed by atoms with Crippen molar-refractivity contribution >= 4 is 5.91 Å². The van der Waals surface area contributed by atoms with E-state index >= 15 is 0 Å². The molecule has 0 bridgehead atoms. The van der Waals surface area contributed by atoms with E-state index in [9.17, 15) is 18.7 Å². The van der Waals surface area contributed by atoms with Crippen LogP contribution in [0.2, 0.25) is 0 Å². The molecule has 5 nitrogen and oxygen atoms in total. The molecule has 0 aliphatic carbocycles. The highest BCUT2D eigenvalue weighted by Crippen LogP contribution is 2.42. The van der Waals surface area contributed by atoms with Gasteiger partial charge in [0.05, 0.1) is 36.8 Å². The number of piperidine rings is 1. The SMILES string of the molecule is O=C(Cc1ccc(F)c(F)c1)N1CCC(C(O)CC2c3ccccc3-c3cncn32)CC1. The Hall–Kier alpha value is -3.06. The number of rotatable bonds is 5. The third-order valence-electron chi connectivity index (χ3n) is 6.84. The number of carbonyl (C=O) groups is 1. The molecule has 2 aliphatic rings. The number of hydrogen-bond acceptors (Lipinski definition) is 3. The number of likely N-dealkylation sites (tertiary alicyclic amines) is 1. The maximum atomic E-state index is 13.4. The second kappa shape index (κ2) is 8.47. The lowest BCUT2D eigenvalue weighted by atomic mass is 9.86. The Bertz CT molecular complexity index is 1140. The molecular formula is C25H25F2N3O2. The highest BCUT2D eigenvalue weighted by molar-refractivity contribution is 5.78. The fraction of sp³-hybridized carbons (Fsp3) is 0.360. The van der Waals surface area contributed by atoms with Gasteiger partial charge in [-0.3, -0.25) is 4.79 Å². The molecular weight excluding hydrogens is 412 g/mol. The van der Waals surface area contributed by atoms with Gasteiger partial charge in [0, 0.05) is 18.7 Å². The fourth-order valence-corrected chi connectivity index (χ4v) is 5.06. The summed E-state index contributed by atoms with van der Waals surface area (Å²) in [5, 5.41) is 11.0. The van der Waals surface area contributed by atoms with Gasteiger partial charge in [0.2, 0.25) is 5.91 Å². The minimum absolute atomic E-state index is 0.0483. The van der Waals surface area contributed by atoms with E-state index in [0.29, 0.717) is 25.1 Å². The summed E-state index contributed by atoms with van der Waals surface area (Å²) >= 11 is 0. The zero-order valence-electron chi connectivity index (χ0n) is 17.6. The summed E-state index contributed by atoms with van der Waals surface area (Å²) in [5.41, 5.74) is 3.92. The maximum absolute atomic E-state index is 13.4. The summed E-state index contributed by atoms with van der Waals surface area (Å²) in [6.45, 7) is 1.11. The Morgan fingerprint density at radius 2 is 1.91 bits per heavy atom. The van der Waals surface area contributed by atoms with E-state index in [4.69, 9.17) is 0 Å². The average molecular weight is 437 g/mol. The number of benzene rings is 2. The van der Waals surface area contributed by atoms with Gasteiger partial charge in [0.15, 0.2) is 11.6 Å². The van der Waals surface area contributed by atoms with E-state index in [1.165, 1.54) is 17.2 Å². The second-order valence-electron chi connectivity index (χ2n) is 8.74. The first-order valence-corrected chi connectivity index (χ1v) is 11.0. The van der Waals surface area contributed by atoms with E-state index in [1.807, 2.05) is 24.7 Å². The second-order valence-corrected chi connectivity index (χ2v) is 8.74. The molecule has 0 spiro atoms. The summed E-state index contributed by atoms with van der Waals surface area (Å²) < 4.78 is 28.6. The number of halogens is 2. The molecule has 1 fully saturated rings. The van der Waals surface area contributed by atoms with Crippen molar-refractivity contribution in [3.8, 4) is 11.3 Å². The van der Waals surface area contributed by atoms with Crippen molar-refractivity contribution in [3.05, 3.63) is 77.8 Å². The topological polar surface area (TPSA) is 58.4 Å². The summed E-state index contributed by atoms with van der Waals surface area (Å²) in [4.78, 5) is 18.6. The molecule has 0 saturated carbocycles. The van der Waals surface area contributed by atoms with Crippen LogP contribution in [0.3, 0.4) is 0 Å². The van der Waals surface area contributed by atoms with Gasteiger partial charge in [-0.1, -0.05) is 30.3 Å². The van der Waals surface area contributed by atoms with E-state index in [-0.39, 0.29) is 24.3 Å². The lowest BCUT2D eigenvalue weighted by molar-refractivity contribution is -0.132. The van der Waals surface area contributed by atoms with Crippen molar-refractivity contribution in [1.29, 1.82) is 0 Å². The molecule has 2 unspecified atom stereocenters. The third kappa shape index (κ3) is 3.81. The van der Waals surface area contributed by atoms with Crippen LogP contribution >= 0.6 is 0 Å². The highest BCUT2D eigenvalue weighted by atomic mass is 19.2. The van der Waals surface area contributed by atoms with Gasteiger partial charge >= 0.3 is 0 Å². The number of hydrogen-bond donors (Lipinski definition) is 1. The molecule has 5 rings (SSSR count). The van der Waals surface area contributed by atoms with Crippen LogP contribution in [0.1, 0.15) is 36.4 Å². The van der Waals surface area contributed by atoms with Crippen LogP contribution in [0.15, 0.2) is 55.0 Å². The van der Waals surface area contributed by atoms with Gasteiger partial charge in [0.1, 0.15) is 0 Å². The van der Waals surface area contributed by atoms with Gasteiger partial charge in [-0.2, -0.15) is 0 Å². The van der Waals surface area contributed by atoms with Crippen LogP contribution in [0.5, 0.6) is 0 Å². The summed E-state index contributed by atoms with van der Waals surface area (Å²) in [7, 11) is 0. The lowest BCUT2D eigenvalue weighted by Gasteiger charge is -2.35. The zero-order valence-corrected chi connectivity index (χ0v) is 17.6. The molecule has 2 aliphatic heterocycles. The summed E-state index contributed by atoms with van der Waals surface area (Å²) in [6, 6.07) is 11.9. The number of amides is 1. The molecule has 0 radical (unpaired) electrons. The molecule has 1 aromatic heterocycles. The number of imidazole rings is 1. The molecule has 2 atom stereocenters. The van der Waals surface area contributed by atoms with Crippen molar-refractivity contribution < 1.29 is 18.7 Å². The van der Waals surface area contributed by atoms with Crippen molar-refractivity contribution in [1.82, 2.24) is 14.5 Å². The normalized spacial score (nSPS) is 19.0. The average Bonchev–Trinajstić information content (AvgIpc) is 3.39.